The summed E-state index contributed by atoms with van der Waals surface area (Å²) in [4.78, 5) is 30.6. The summed E-state index contributed by atoms with van der Waals surface area (Å²) >= 11 is 0. The largest absolute Gasteiger partial charge is 0.404 e. The minimum absolute atomic E-state index is 0.103. The van der Waals surface area contributed by atoms with Gasteiger partial charge in [-0.2, -0.15) is 0 Å². The second-order valence-electron chi connectivity index (χ2n) is 2.72. The number of nitrogens with one attached hydrogen (secondary N) is 1. The van der Waals surface area contributed by atoms with Crippen LogP contribution in [0.25, 0.3) is 0 Å². The average molecular weight is 179 g/mol. The molecule has 68 valence electrons. The molecule has 6 nitrogen and oxygen atoms in total. The topological polar surface area (TPSA) is 74.1 Å². The van der Waals surface area contributed by atoms with Gasteiger partial charge in [-0.25, -0.2) is 0 Å². The van der Waals surface area contributed by atoms with Crippen LogP contribution in [0.1, 0.15) is 0 Å². The summed E-state index contributed by atoms with van der Waals surface area (Å²) in [5.74, 6) is -0.307. The minimum Gasteiger partial charge on any atom is -0.404 e. The molecule has 2 aliphatic heterocycles. The highest BCUT2D eigenvalue weighted by atomic mass is 16.2. The highest BCUT2D eigenvalue weighted by molar-refractivity contribution is 6.42. The molecule has 0 aromatic carbocycles. The van der Waals surface area contributed by atoms with Gasteiger partial charge in [0.2, 0.25) is 5.91 Å². The van der Waals surface area contributed by atoms with Crippen molar-refractivity contribution in [1.29, 1.82) is 0 Å². The van der Waals surface area contributed by atoms with E-state index in [0.29, 0.717) is 13.1 Å². The molecule has 1 fully saturated rings. The van der Waals surface area contributed by atoms with Gasteiger partial charge in [-0.15, -0.1) is 0 Å². The van der Waals surface area contributed by atoms with Gasteiger partial charge < -0.3 is 25.0 Å². The van der Waals surface area contributed by atoms with Crippen molar-refractivity contribution in [2.24, 2.45) is 9.98 Å². The smallest absolute Gasteiger partial charge is 0.238 e. The maximum Gasteiger partial charge on any atom is 0.238 e. The van der Waals surface area contributed by atoms with Crippen molar-refractivity contribution < 1.29 is 9.59 Å². The number of carbonyl (C=O) groups is 2. The standard InChI is InChI=1S/C7H7N4O2/c12-5-3-11(2-1-8-5)6-7(13)10-4-9-6/h1-3H2,(H,8,12)/q-1. The summed E-state index contributed by atoms with van der Waals surface area (Å²) in [7, 11) is 0. The van der Waals surface area contributed by atoms with Crippen molar-refractivity contribution >= 4 is 24.0 Å². The number of piperazine rings is 1. The van der Waals surface area contributed by atoms with Crippen LogP contribution < -0.4 is 5.32 Å². The lowest BCUT2D eigenvalue weighted by Crippen LogP contribution is -2.51. The Bertz CT molecular complexity index is 320. The third kappa shape index (κ3) is 1.42. The van der Waals surface area contributed by atoms with Gasteiger partial charge in [-0.05, 0) is 0 Å². The maximum absolute atomic E-state index is 11.0. The monoisotopic (exact) mass is 179 g/mol. The van der Waals surface area contributed by atoms with Crippen LogP contribution in [0.4, 0.5) is 0 Å². The van der Waals surface area contributed by atoms with E-state index in [1.54, 1.807) is 4.90 Å². The summed E-state index contributed by atoms with van der Waals surface area (Å²) in [6, 6.07) is 0. The third-order valence-corrected chi connectivity index (χ3v) is 1.84. The second-order valence-corrected chi connectivity index (χ2v) is 2.72. The number of amides is 2. The highest BCUT2D eigenvalue weighted by Gasteiger charge is 2.18. The van der Waals surface area contributed by atoms with E-state index in [-0.39, 0.29) is 18.3 Å². The van der Waals surface area contributed by atoms with Gasteiger partial charge in [0, 0.05) is 25.3 Å². The van der Waals surface area contributed by atoms with Gasteiger partial charge in [-0.3, -0.25) is 4.79 Å². The van der Waals surface area contributed by atoms with E-state index in [1.807, 2.05) is 0 Å². The zero-order valence-corrected chi connectivity index (χ0v) is 6.78. The summed E-state index contributed by atoms with van der Waals surface area (Å²) < 4.78 is 0. The first-order valence-corrected chi connectivity index (χ1v) is 3.87. The molecule has 0 unspecified atom stereocenters. The first-order valence-electron chi connectivity index (χ1n) is 3.87. The number of amidine groups is 1. The lowest BCUT2D eigenvalue weighted by Gasteiger charge is -2.31. The molecule has 2 heterocycles. The number of carbonyl (C=O) groups excluding carboxylic acids is 2. The summed E-state index contributed by atoms with van der Waals surface area (Å²) in [5.41, 5.74) is 0. The average Bonchev–Trinajstić information content (AvgIpc) is 2.51. The quantitative estimate of drug-likeness (QED) is 0.449. The molecule has 0 radical (unpaired) electrons. The van der Waals surface area contributed by atoms with Crippen LogP contribution >= 0.6 is 0 Å². The van der Waals surface area contributed by atoms with Crippen LogP contribution in [-0.2, 0) is 9.59 Å². The molecule has 0 bridgehead atoms. The lowest BCUT2D eigenvalue weighted by atomic mass is 10.3. The summed E-state index contributed by atoms with van der Waals surface area (Å²) in [5, 5.41) is 2.65. The first-order chi connectivity index (χ1) is 6.27. The molecule has 2 rings (SSSR count). The first kappa shape index (κ1) is 7.90. The van der Waals surface area contributed by atoms with Crippen LogP contribution in [0, 0.1) is 0 Å². The Morgan fingerprint density at radius 2 is 2.31 bits per heavy atom. The molecule has 1 N–H and O–H groups in total. The molecule has 0 atom stereocenters. The van der Waals surface area contributed by atoms with Crippen molar-refractivity contribution in [2.75, 3.05) is 19.6 Å². The molecule has 0 aromatic heterocycles. The number of hydrogen-bond acceptors (Lipinski definition) is 4. The SMILES string of the molecule is O=C1CN(C2=N[C-]=NC2=O)CCN1. The number of rotatable bonds is 0. The molecule has 2 amide bonds. The summed E-state index contributed by atoms with van der Waals surface area (Å²) in [6.07, 6.45) is 2.22. The third-order valence-electron chi connectivity index (χ3n) is 1.84. The fourth-order valence-electron chi connectivity index (χ4n) is 1.24. The predicted molar refractivity (Wildman–Crippen MR) is 44.5 cm³/mol. The van der Waals surface area contributed by atoms with Gasteiger partial charge in [0.05, 0.1) is 6.54 Å². The van der Waals surface area contributed by atoms with Crippen LogP contribution in [0.5, 0.6) is 0 Å². The molecular weight excluding hydrogens is 172 g/mol. The van der Waals surface area contributed by atoms with E-state index < -0.39 is 5.91 Å². The molecule has 1 saturated heterocycles. The molecule has 0 aromatic rings. The van der Waals surface area contributed by atoms with Gasteiger partial charge in [0.1, 0.15) is 0 Å². The normalized spacial score (nSPS) is 21.8. The van der Waals surface area contributed by atoms with Crippen LogP contribution in [-0.4, -0.2) is 48.5 Å². The maximum atomic E-state index is 11.0. The van der Waals surface area contributed by atoms with Crippen LogP contribution in [0.2, 0.25) is 0 Å². The van der Waals surface area contributed by atoms with Gasteiger partial charge in [0.15, 0.2) is 5.91 Å². The fourth-order valence-corrected chi connectivity index (χ4v) is 1.24. The Morgan fingerprint density at radius 1 is 1.46 bits per heavy atom. The minimum atomic E-state index is -0.422. The van der Waals surface area contributed by atoms with Crippen molar-refractivity contribution in [3.8, 4) is 0 Å². The van der Waals surface area contributed by atoms with Crippen LogP contribution in [0.3, 0.4) is 0 Å². The van der Waals surface area contributed by atoms with Gasteiger partial charge in [-0.1, -0.05) is 0 Å². The van der Waals surface area contributed by atoms with E-state index >= 15 is 0 Å². The van der Waals surface area contributed by atoms with Gasteiger partial charge >= 0.3 is 0 Å². The summed E-state index contributed by atoms with van der Waals surface area (Å²) in [6.45, 7) is 1.29. The van der Waals surface area contributed by atoms with Crippen LogP contribution in [0.15, 0.2) is 9.98 Å². The Kier molecular flexibility index (Phi) is 1.80. The Hall–Kier alpha value is -1.72. The fraction of sp³-hybridized carbons (Fsp3) is 0.429. The Balaban J connectivity index is 2.09. The molecule has 6 heteroatoms. The van der Waals surface area contributed by atoms with Crippen molar-refractivity contribution in [3.63, 3.8) is 0 Å². The molecule has 0 aliphatic carbocycles. The molecule has 0 spiro atoms. The molecule has 13 heavy (non-hydrogen) atoms. The highest BCUT2D eigenvalue weighted by Crippen LogP contribution is 2.01. The zero-order chi connectivity index (χ0) is 9.26. The molecular formula is C7H7N4O2-. The molecule has 0 saturated carbocycles. The lowest BCUT2D eigenvalue weighted by molar-refractivity contribution is -0.123. The van der Waals surface area contributed by atoms with E-state index in [4.69, 9.17) is 0 Å². The van der Waals surface area contributed by atoms with E-state index in [9.17, 15) is 9.59 Å². The van der Waals surface area contributed by atoms with Crippen molar-refractivity contribution in [3.05, 3.63) is 0 Å². The Morgan fingerprint density at radius 3 is 2.92 bits per heavy atom. The molecule has 2 aliphatic rings. The van der Waals surface area contributed by atoms with E-state index in [1.165, 1.54) is 0 Å². The van der Waals surface area contributed by atoms with Gasteiger partial charge in [0.25, 0.3) is 0 Å². The number of hydrogen-bond donors (Lipinski definition) is 1. The zero-order valence-electron chi connectivity index (χ0n) is 6.78. The number of nitrogens with zero attached hydrogens (tertiary/aromatic N) is 3. The van der Waals surface area contributed by atoms with Crippen molar-refractivity contribution in [2.45, 2.75) is 0 Å². The Labute approximate surface area is 74.3 Å². The predicted octanol–water partition coefficient (Wildman–Crippen LogP) is -1.74. The number of aliphatic imine (C=N–C) groups is 2. The van der Waals surface area contributed by atoms with E-state index in [2.05, 4.69) is 21.6 Å². The van der Waals surface area contributed by atoms with E-state index in [0.717, 1.165) is 0 Å². The van der Waals surface area contributed by atoms with Crippen molar-refractivity contribution in [1.82, 2.24) is 10.2 Å². The second kappa shape index (κ2) is 2.96.